The maximum atomic E-state index is 13.2. The predicted molar refractivity (Wildman–Crippen MR) is 69.6 cm³/mol. The molecule has 2 heterocycles. The van der Waals surface area contributed by atoms with E-state index in [1.807, 2.05) is 0 Å². The van der Waals surface area contributed by atoms with Gasteiger partial charge >= 0.3 is 18.0 Å². The summed E-state index contributed by atoms with van der Waals surface area (Å²) in [7, 11) is 0. The van der Waals surface area contributed by atoms with Gasteiger partial charge in [0.1, 0.15) is 0 Å². The van der Waals surface area contributed by atoms with Crippen LogP contribution < -0.4 is 5.63 Å². The fourth-order valence-corrected chi connectivity index (χ4v) is 2.22. The van der Waals surface area contributed by atoms with Crippen molar-refractivity contribution in [2.24, 2.45) is 0 Å². The highest BCUT2D eigenvalue weighted by Crippen LogP contribution is 2.41. The fraction of sp³-hybridized carbons (Fsp3) is 0.143. The summed E-state index contributed by atoms with van der Waals surface area (Å²) >= 11 is 0. The van der Waals surface area contributed by atoms with Gasteiger partial charge in [-0.05, 0) is 12.1 Å². The average Bonchev–Trinajstić information content (AvgIpc) is 2.85. The third-order valence-electron chi connectivity index (χ3n) is 3.15. The minimum atomic E-state index is -5.18. The highest BCUT2D eigenvalue weighted by Gasteiger charge is 2.44. The number of benzene rings is 1. The van der Waals surface area contributed by atoms with Crippen LogP contribution in [0.1, 0.15) is 11.3 Å². The molecule has 0 aliphatic heterocycles. The van der Waals surface area contributed by atoms with Crippen molar-refractivity contribution in [3.8, 4) is 5.69 Å². The predicted octanol–water partition coefficient (Wildman–Crippen LogP) is 4.02. The van der Waals surface area contributed by atoms with Crippen molar-refractivity contribution >= 4 is 11.1 Å². The lowest BCUT2D eigenvalue weighted by molar-refractivity contribution is -0.142. The van der Waals surface area contributed by atoms with Crippen molar-refractivity contribution < 1.29 is 30.8 Å². The van der Waals surface area contributed by atoms with E-state index in [4.69, 9.17) is 0 Å². The second-order valence-electron chi connectivity index (χ2n) is 4.75. The lowest BCUT2D eigenvalue weighted by atomic mass is 10.1. The smallest absolute Gasteiger partial charge is 0.403 e. The third-order valence-corrected chi connectivity index (χ3v) is 3.15. The van der Waals surface area contributed by atoms with Crippen molar-refractivity contribution in [1.82, 2.24) is 9.78 Å². The van der Waals surface area contributed by atoms with Gasteiger partial charge in [0.2, 0.25) is 5.71 Å². The van der Waals surface area contributed by atoms with Crippen LogP contribution in [0.5, 0.6) is 0 Å². The van der Waals surface area contributed by atoms with E-state index < -0.39 is 40.3 Å². The zero-order valence-electron chi connectivity index (χ0n) is 11.4. The molecule has 0 spiro atoms. The Morgan fingerprint density at radius 1 is 0.958 bits per heavy atom. The molecule has 0 fully saturated rings. The summed E-state index contributed by atoms with van der Waals surface area (Å²) < 4.78 is 83.9. The molecule has 4 nitrogen and oxygen atoms in total. The quantitative estimate of drug-likeness (QED) is 0.624. The average molecular weight is 348 g/mol. The number of nitrogens with zero attached hydrogens (tertiary/aromatic N) is 2. The van der Waals surface area contributed by atoms with Crippen LogP contribution in [0.25, 0.3) is 16.8 Å². The molecule has 0 amide bonds. The second-order valence-corrected chi connectivity index (χ2v) is 4.75. The van der Waals surface area contributed by atoms with Gasteiger partial charge in [0.25, 0.3) is 0 Å². The Morgan fingerprint density at radius 2 is 1.58 bits per heavy atom. The van der Waals surface area contributed by atoms with E-state index in [0.29, 0.717) is 4.68 Å². The zero-order chi connectivity index (χ0) is 17.7. The maximum Gasteiger partial charge on any atom is 0.435 e. The van der Waals surface area contributed by atoms with Crippen LogP contribution >= 0.6 is 0 Å². The maximum absolute atomic E-state index is 13.2. The van der Waals surface area contributed by atoms with Crippen LogP contribution in [0.3, 0.4) is 0 Å². The van der Waals surface area contributed by atoms with E-state index in [1.165, 1.54) is 24.3 Å². The van der Waals surface area contributed by atoms with Gasteiger partial charge in [-0.25, -0.2) is 4.79 Å². The summed E-state index contributed by atoms with van der Waals surface area (Å²) in [5, 5.41) is 1.90. The number of halogens is 6. The Bertz CT molecular complexity index is 954. The summed E-state index contributed by atoms with van der Waals surface area (Å²) in [6.45, 7) is 0. The molecule has 0 bridgehead atoms. The van der Waals surface area contributed by atoms with E-state index in [1.54, 1.807) is 6.07 Å². The largest absolute Gasteiger partial charge is 0.435 e. The van der Waals surface area contributed by atoms with E-state index >= 15 is 0 Å². The van der Waals surface area contributed by atoms with E-state index in [2.05, 4.69) is 9.52 Å². The molecule has 3 aromatic rings. The first-order chi connectivity index (χ1) is 11.1. The van der Waals surface area contributed by atoms with E-state index in [9.17, 15) is 31.1 Å². The van der Waals surface area contributed by atoms with Crippen LogP contribution in [0.4, 0.5) is 26.3 Å². The van der Waals surface area contributed by atoms with Crippen LogP contribution in [-0.4, -0.2) is 9.78 Å². The van der Waals surface area contributed by atoms with Crippen molar-refractivity contribution in [3.05, 3.63) is 58.1 Å². The highest BCUT2D eigenvalue weighted by molar-refractivity contribution is 5.83. The van der Waals surface area contributed by atoms with Crippen LogP contribution in [0, 0.1) is 0 Å². The van der Waals surface area contributed by atoms with Crippen LogP contribution in [0.15, 0.2) is 45.6 Å². The Labute approximate surface area is 128 Å². The van der Waals surface area contributed by atoms with Crippen molar-refractivity contribution in [2.75, 3.05) is 0 Å². The number of hydrogen-bond acceptors (Lipinski definition) is 3. The van der Waals surface area contributed by atoms with E-state index in [-0.39, 0.29) is 11.8 Å². The molecule has 3 rings (SSSR count). The van der Waals surface area contributed by atoms with Gasteiger partial charge in [-0.1, -0.05) is 18.2 Å². The minimum absolute atomic E-state index is 0.0143. The normalized spacial score (nSPS) is 12.8. The molecule has 1 aromatic carbocycles. The lowest BCUT2D eigenvalue weighted by Crippen LogP contribution is -2.13. The number of para-hydroxylation sites is 1. The summed E-state index contributed by atoms with van der Waals surface area (Å²) in [4.78, 5) is 11.4. The Balaban J connectivity index is 2.50. The molecule has 2 aromatic heterocycles. The minimum Gasteiger partial charge on any atom is -0.403 e. The number of hydrogen-bond donors (Lipinski definition) is 0. The number of alkyl halides is 6. The molecule has 0 aliphatic carbocycles. The van der Waals surface area contributed by atoms with Crippen LogP contribution in [-0.2, 0) is 12.4 Å². The Hall–Kier alpha value is -2.78. The summed E-state index contributed by atoms with van der Waals surface area (Å²) in [6, 6.07) is 7.05. The van der Waals surface area contributed by atoms with Gasteiger partial charge < -0.3 is 4.42 Å². The summed E-state index contributed by atoms with van der Waals surface area (Å²) in [5.41, 5.74) is -5.87. The molecule has 0 saturated carbocycles. The van der Waals surface area contributed by atoms with Gasteiger partial charge in [-0.2, -0.15) is 36.1 Å². The van der Waals surface area contributed by atoms with E-state index in [0.717, 1.165) is 0 Å². The van der Waals surface area contributed by atoms with Crippen molar-refractivity contribution in [1.29, 1.82) is 0 Å². The first kappa shape index (κ1) is 16.1. The van der Waals surface area contributed by atoms with Crippen molar-refractivity contribution in [2.45, 2.75) is 12.4 Å². The summed E-state index contributed by atoms with van der Waals surface area (Å²) in [5.74, 6) is 0. The topological polar surface area (TPSA) is 48.0 Å². The molecule has 0 radical (unpaired) electrons. The Morgan fingerprint density at radius 3 is 2.12 bits per heavy atom. The number of aromatic nitrogens is 2. The Kier molecular flexibility index (Phi) is 3.43. The van der Waals surface area contributed by atoms with Crippen LogP contribution in [0.2, 0.25) is 0 Å². The second kappa shape index (κ2) is 5.11. The molecular weight excluding hydrogens is 342 g/mol. The lowest BCUT2D eigenvalue weighted by Gasteiger charge is -2.09. The highest BCUT2D eigenvalue weighted by atomic mass is 19.4. The molecule has 0 aliphatic rings. The standard InChI is InChI=1S/C14H6F6N2O2/c15-13(16,17)8-6-9(23)24-12-10(8)11(14(18,19)20)21-22(12)7-4-2-1-3-5-7/h1-6H. The molecular formula is C14H6F6N2O2. The third kappa shape index (κ3) is 2.63. The first-order valence-corrected chi connectivity index (χ1v) is 6.36. The van der Waals surface area contributed by atoms with Crippen molar-refractivity contribution in [3.63, 3.8) is 0 Å². The molecule has 0 unspecified atom stereocenters. The monoisotopic (exact) mass is 348 g/mol. The number of fused-ring (bicyclic) bond motifs is 1. The molecule has 24 heavy (non-hydrogen) atoms. The van der Waals surface area contributed by atoms with Gasteiger partial charge in [-0.3, -0.25) is 0 Å². The summed E-state index contributed by atoms with van der Waals surface area (Å²) in [6.07, 6.45) is -10.4. The molecule has 0 atom stereocenters. The zero-order valence-corrected chi connectivity index (χ0v) is 11.4. The number of rotatable bonds is 1. The molecule has 10 heteroatoms. The molecule has 0 N–H and O–H groups in total. The SMILES string of the molecule is O=c1cc(C(F)(F)F)c2c(C(F)(F)F)nn(-c3ccccc3)c2o1. The van der Waals surface area contributed by atoms with Gasteiger partial charge in [0, 0.05) is 6.07 Å². The van der Waals surface area contributed by atoms with Gasteiger partial charge in [0.05, 0.1) is 16.6 Å². The molecule has 0 saturated heterocycles. The molecule has 126 valence electrons. The fourth-order valence-electron chi connectivity index (χ4n) is 2.22. The first-order valence-electron chi connectivity index (χ1n) is 6.36. The van der Waals surface area contributed by atoms with Gasteiger partial charge in [0.15, 0.2) is 5.69 Å². The van der Waals surface area contributed by atoms with Gasteiger partial charge in [-0.15, -0.1) is 0 Å².